The first kappa shape index (κ1) is 17.6. The molecule has 2 rings (SSSR count). The van der Waals surface area contributed by atoms with Crippen molar-refractivity contribution >= 4 is 11.6 Å². The van der Waals surface area contributed by atoms with E-state index in [1.807, 2.05) is 45.0 Å². The molecule has 6 heteroatoms. The Morgan fingerprint density at radius 2 is 1.91 bits per heavy atom. The topological polar surface area (TPSA) is 44.1 Å². The summed E-state index contributed by atoms with van der Waals surface area (Å²) in [5.74, 6) is 0. The SMILES string of the molecule is CC(C)(C)n1ncc(-c2ccc(COCCF)cc2)c(Cl)c1=O. The highest BCUT2D eigenvalue weighted by Gasteiger charge is 2.19. The standard InChI is InChI=1S/C17H20ClFN2O2/c1-17(2,3)21-16(22)15(18)14(10-20-21)13-6-4-12(5-7-13)11-23-9-8-19/h4-7,10H,8-9,11H2,1-3H3. The highest BCUT2D eigenvalue weighted by molar-refractivity contribution is 6.33. The van der Waals surface area contributed by atoms with Gasteiger partial charge in [-0.15, -0.1) is 0 Å². The fraction of sp³-hybridized carbons (Fsp3) is 0.412. The average molecular weight is 339 g/mol. The summed E-state index contributed by atoms with van der Waals surface area (Å²) < 4.78 is 18.5. The van der Waals surface area contributed by atoms with Gasteiger partial charge in [-0.1, -0.05) is 35.9 Å². The van der Waals surface area contributed by atoms with E-state index in [1.54, 1.807) is 6.20 Å². The van der Waals surface area contributed by atoms with Gasteiger partial charge < -0.3 is 4.74 Å². The van der Waals surface area contributed by atoms with Crippen LogP contribution >= 0.6 is 11.6 Å². The molecular formula is C17H20ClFN2O2. The predicted molar refractivity (Wildman–Crippen MR) is 89.6 cm³/mol. The Bertz CT molecular complexity index is 721. The van der Waals surface area contributed by atoms with E-state index < -0.39 is 12.2 Å². The van der Waals surface area contributed by atoms with Crippen molar-refractivity contribution < 1.29 is 9.13 Å². The van der Waals surface area contributed by atoms with Crippen LogP contribution in [0.25, 0.3) is 11.1 Å². The molecule has 0 aliphatic heterocycles. The first-order valence-electron chi connectivity index (χ1n) is 7.36. The third-order valence-electron chi connectivity index (χ3n) is 3.31. The second-order valence-electron chi connectivity index (χ2n) is 6.20. The average Bonchev–Trinajstić information content (AvgIpc) is 2.50. The van der Waals surface area contributed by atoms with Crippen molar-refractivity contribution in [2.75, 3.05) is 13.3 Å². The van der Waals surface area contributed by atoms with E-state index in [1.165, 1.54) is 4.68 Å². The molecule has 0 unspecified atom stereocenters. The summed E-state index contributed by atoms with van der Waals surface area (Å²) in [5, 5.41) is 4.37. The summed E-state index contributed by atoms with van der Waals surface area (Å²) in [5.41, 5.74) is 1.57. The Hall–Kier alpha value is -1.72. The molecule has 0 bridgehead atoms. The lowest BCUT2D eigenvalue weighted by Crippen LogP contribution is -2.36. The van der Waals surface area contributed by atoms with Crippen LogP contribution in [0.1, 0.15) is 26.3 Å². The molecule has 4 nitrogen and oxygen atoms in total. The van der Waals surface area contributed by atoms with Gasteiger partial charge in [0.05, 0.1) is 24.9 Å². The molecule has 0 spiro atoms. The van der Waals surface area contributed by atoms with Crippen LogP contribution in [-0.2, 0) is 16.9 Å². The zero-order valence-corrected chi connectivity index (χ0v) is 14.2. The molecule has 23 heavy (non-hydrogen) atoms. The van der Waals surface area contributed by atoms with Crippen LogP contribution in [0.4, 0.5) is 4.39 Å². The van der Waals surface area contributed by atoms with Gasteiger partial charge in [-0.3, -0.25) is 4.79 Å². The molecule has 0 aliphatic rings. The van der Waals surface area contributed by atoms with Crippen molar-refractivity contribution in [2.45, 2.75) is 32.9 Å². The predicted octanol–water partition coefficient (Wildman–Crippen LogP) is 3.80. The first-order chi connectivity index (χ1) is 10.8. The lowest BCUT2D eigenvalue weighted by atomic mass is 10.1. The lowest BCUT2D eigenvalue weighted by molar-refractivity contribution is 0.106. The van der Waals surface area contributed by atoms with E-state index in [0.29, 0.717) is 12.2 Å². The summed E-state index contributed by atoms with van der Waals surface area (Å²) in [6, 6.07) is 7.41. The van der Waals surface area contributed by atoms with Gasteiger partial charge in [0.1, 0.15) is 11.7 Å². The number of aromatic nitrogens is 2. The zero-order valence-electron chi connectivity index (χ0n) is 13.5. The van der Waals surface area contributed by atoms with Crippen molar-refractivity contribution in [1.82, 2.24) is 9.78 Å². The molecule has 2 aromatic rings. The summed E-state index contributed by atoms with van der Waals surface area (Å²) in [6.07, 6.45) is 1.60. The van der Waals surface area contributed by atoms with Crippen molar-refractivity contribution in [3.63, 3.8) is 0 Å². The molecule has 1 aromatic heterocycles. The second-order valence-corrected chi connectivity index (χ2v) is 6.58. The van der Waals surface area contributed by atoms with Crippen LogP contribution in [0.15, 0.2) is 35.3 Å². The fourth-order valence-electron chi connectivity index (χ4n) is 2.14. The van der Waals surface area contributed by atoms with Crippen LogP contribution in [0.5, 0.6) is 0 Å². The number of hydrogen-bond donors (Lipinski definition) is 0. The summed E-state index contributed by atoms with van der Waals surface area (Å²) in [7, 11) is 0. The Kier molecular flexibility index (Phi) is 5.55. The van der Waals surface area contributed by atoms with Crippen LogP contribution in [-0.4, -0.2) is 23.1 Å². The molecule has 0 amide bonds. The first-order valence-corrected chi connectivity index (χ1v) is 7.73. The minimum absolute atomic E-state index is 0.0858. The van der Waals surface area contributed by atoms with Gasteiger partial charge in [-0.2, -0.15) is 5.10 Å². The lowest BCUT2D eigenvalue weighted by Gasteiger charge is -2.21. The van der Waals surface area contributed by atoms with E-state index >= 15 is 0 Å². The third-order valence-corrected chi connectivity index (χ3v) is 3.67. The minimum atomic E-state index is -0.497. The smallest absolute Gasteiger partial charge is 0.286 e. The Labute approximate surface area is 139 Å². The number of hydrogen-bond acceptors (Lipinski definition) is 3. The minimum Gasteiger partial charge on any atom is -0.374 e. The summed E-state index contributed by atoms with van der Waals surface area (Å²) in [6.45, 7) is 5.62. The third kappa shape index (κ3) is 4.18. The molecular weight excluding hydrogens is 319 g/mol. The van der Waals surface area contributed by atoms with Gasteiger partial charge in [0.25, 0.3) is 5.56 Å². The van der Waals surface area contributed by atoms with Crippen molar-refractivity contribution in [3.8, 4) is 11.1 Å². The number of alkyl halides is 1. The van der Waals surface area contributed by atoms with E-state index in [2.05, 4.69) is 5.10 Å². The molecule has 0 saturated carbocycles. The van der Waals surface area contributed by atoms with Crippen LogP contribution in [0.2, 0.25) is 5.02 Å². The normalized spacial score (nSPS) is 11.7. The van der Waals surface area contributed by atoms with E-state index in [0.717, 1.165) is 11.1 Å². The second kappa shape index (κ2) is 7.23. The molecule has 0 aliphatic carbocycles. The maximum absolute atomic E-state index is 12.4. The molecule has 1 aromatic carbocycles. The maximum atomic E-state index is 12.4. The molecule has 0 saturated heterocycles. The van der Waals surface area contributed by atoms with Crippen LogP contribution in [0.3, 0.4) is 0 Å². The largest absolute Gasteiger partial charge is 0.374 e. The van der Waals surface area contributed by atoms with Gasteiger partial charge in [0, 0.05) is 5.56 Å². The Balaban J connectivity index is 2.29. The summed E-state index contributed by atoms with van der Waals surface area (Å²) in [4.78, 5) is 12.4. The van der Waals surface area contributed by atoms with E-state index in [-0.39, 0.29) is 17.2 Å². The molecule has 1 heterocycles. The van der Waals surface area contributed by atoms with Crippen LogP contribution < -0.4 is 5.56 Å². The maximum Gasteiger partial charge on any atom is 0.286 e. The number of halogens is 2. The molecule has 124 valence electrons. The Morgan fingerprint density at radius 1 is 1.26 bits per heavy atom. The van der Waals surface area contributed by atoms with Gasteiger partial charge in [0.2, 0.25) is 0 Å². The van der Waals surface area contributed by atoms with Gasteiger partial charge in [-0.05, 0) is 31.9 Å². The number of benzene rings is 1. The van der Waals surface area contributed by atoms with E-state index in [4.69, 9.17) is 16.3 Å². The quantitative estimate of drug-likeness (QED) is 0.779. The molecule has 0 radical (unpaired) electrons. The van der Waals surface area contributed by atoms with Gasteiger partial charge >= 0.3 is 0 Å². The molecule has 0 atom stereocenters. The van der Waals surface area contributed by atoms with Crippen molar-refractivity contribution in [2.24, 2.45) is 0 Å². The molecule has 0 fully saturated rings. The fourth-order valence-corrected chi connectivity index (χ4v) is 2.37. The van der Waals surface area contributed by atoms with Gasteiger partial charge in [-0.25, -0.2) is 9.07 Å². The number of nitrogens with zero attached hydrogens (tertiary/aromatic N) is 2. The number of rotatable bonds is 5. The number of ether oxygens (including phenoxy) is 1. The van der Waals surface area contributed by atoms with E-state index in [9.17, 15) is 9.18 Å². The van der Waals surface area contributed by atoms with Crippen molar-refractivity contribution in [1.29, 1.82) is 0 Å². The van der Waals surface area contributed by atoms with Gasteiger partial charge in [0.15, 0.2) is 0 Å². The Morgan fingerprint density at radius 3 is 2.48 bits per heavy atom. The summed E-state index contributed by atoms with van der Waals surface area (Å²) >= 11 is 6.24. The highest BCUT2D eigenvalue weighted by atomic mass is 35.5. The monoisotopic (exact) mass is 338 g/mol. The highest BCUT2D eigenvalue weighted by Crippen LogP contribution is 2.25. The van der Waals surface area contributed by atoms with Crippen LogP contribution in [0, 0.1) is 0 Å². The molecule has 0 N–H and O–H groups in total. The zero-order chi connectivity index (χ0) is 17.0. The van der Waals surface area contributed by atoms with Crippen molar-refractivity contribution in [3.05, 3.63) is 51.4 Å².